The number of carbonyl (C=O) groups excluding carboxylic acids is 1. The Bertz CT molecular complexity index is 374. The predicted molar refractivity (Wildman–Crippen MR) is 65.6 cm³/mol. The number of aliphatic hydroxyl groups excluding tert-OH is 1. The molecule has 0 aliphatic heterocycles. The molecular weight excluding hydrogens is 216 g/mol. The van der Waals surface area contributed by atoms with E-state index in [1.54, 1.807) is 0 Å². The Hall–Kier alpha value is -1.55. The van der Waals surface area contributed by atoms with Gasteiger partial charge in [-0.25, -0.2) is 4.79 Å². The highest BCUT2D eigenvalue weighted by Crippen LogP contribution is 2.40. The molecule has 2 amide bonds. The zero-order valence-corrected chi connectivity index (χ0v) is 9.78. The van der Waals surface area contributed by atoms with Crippen LogP contribution in [0.15, 0.2) is 30.3 Å². The van der Waals surface area contributed by atoms with Crippen LogP contribution in [-0.4, -0.2) is 24.3 Å². The number of hydrogen-bond acceptors (Lipinski definition) is 2. The Balaban J connectivity index is 2.03. The summed E-state index contributed by atoms with van der Waals surface area (Å²) in [4.78, 5) is 11.7. The Morgan fingerprint density at radius 2 is 2.00 bits per heavy atom. The van der Waals surface area contributed by atoms with Crippen molar-refractivity contribution in [1.29, 1.82) is 0 Å². The summed E-state index contributed by atoms with van der Waals surface area (Å²) in [6.07, 6.45) is 3.09. The number of carbonyl (C=O) groups is 1. The first-order chi connectivity index (χ1) is 8.27. The molecule has 0 bridgehead atoms. The lowest BCUT2D eigenvalue weighted by Gasteiger charge is -2.43. The van der Waals surface area contributed by atoms with E-state index in [1.165, 1.54) is 0 Å². The average molecular weight is 234 g/mol. The van der Waals surface area contributed by atoms with E-state index in [4.69, 9.17) is 5.11 Å². The van der Waals surface area contributed by atoms with Gasteiger partial charge in [-0.3, -0.25) is 0 Å². The van der Waals surface area contributed by atoms with Crippen molar-refractivity contribution in [2.24, 2.45) is 0 Å². The van der Waals surface area contributed by atoms with Gasteiger partial charge in [0.15, 0.2) is 0 Å². The summed E-state index contributed by atoms with van der Waals surface area (Å²) in [5.41, 5.74) is 0.950. The minimum absolute atomic E-state index is 0.0360. The number of benzene rings is 1. The molecule has 4 nitrogen and oxygen atoms in total. The number of rotatable bonds is 4. The molecule has 2 rings (SSSR count). The van der Waals surface area contributed by atoms with Crippen LogP contribution in [0.2, 0.25) is 0 Å². The van der Waals surface area contributed by atoms with Gasteiger partial charge in [0.2, 0.25) is 0 Å². The lowest BCUT2D eigenvalue weighted by Crippen LogP contribution is -2.54. The Morgan fingerprint density at radius 3 is 2.53 bits per heavy atom. The highest BCUT2D eigenvalue weighted by Gasteiger charge is 2.39. The van der Waals surface area contributed by atoms with Crippen LogP contribution in [0.1, 0.15) is 24.8 Å². The van der Waals surface area contributed by atoms with Crippen LogP contribution in [0.3, 0.4) is 0 Å². The third-order valence-corrected chi connectivity index (χ3v) is 3.28. The van der Waals surface area contributed by atoms with Crippen molar-refractivity contribution in [3.63, 3.8) is 0 Å². The molecular formula is C13H18N2O2. The Morgan fingerprint density at radius 1 is 1.29 bits per heavy atom. The summed E-state index contributed by atoms with van der Waals surface area (Å²) in [5.74, 6) is 0. The molecule has 0 aromatic heterocycles. The van der Waals surface area contributed by atoms with Crippen LogP contribution in [0.5, 0.6) is 0 Å². The van der Waals surface area contributed by atoms with Gasteiger partial charge in [-0.15, -0.1) is 0 Å². The van der Waals surface area contributed by atoms with Crippen molar-refractivity contribution < 1.29 is 9.90 Å². The molecule has 1 fully saturated rings. The van der Waals surface area contributed by atoms with E-state index in [-0.39, 0.29) is 24.7 Å². The van der Waals surface area contributed by atoms with Gasteiger partial charge in [-0.05, 0) is 24.8 Å². The third kappa shape index (κ3) is 2.58. The van der Waals surface area contributed by atoms with Gasteiger partial charge >= 0.3 is 6.03 Å². The maximum Gasteiger partial charge on any atom is 0.315 e. The van der Waals surface area contributed by atoms with Crippen LogP contribution in [0, 0.1) is 0 Å². The standard InChI is InChI=1S/C13H18N2O2/c16-10-9-14-12(17)15-13(7-4-8-13)11-5-2-1-3-6-11/h1-3,5-6,16H,4,7-10H2,(H2,14,15,17). The van der Waals surface area contributed by atoms with E-state index in [1.807, 2.05) is 30.3 Å². The van der Waals surface area contributed by atoms with Gasteiger partial charge < -0.3 is 15.7 Å². The molecule has 1 aliphatic rings. The zero-order valence-electron chi connectivity index (χ0n) is 9.78. The lowest BCUT2D eigenvalue weighted by molar-refractivity contribution is 0.175. The van der Waals surface area contributed by atoms with Crippen molar-refractivity contribution in [2.45, 2.75) is 24.8 Å². The summed E-state index contributed by atoms with van der Waals surface area (Å²) in [7, 11) is 0. The SMILES string of the molecule is O=C(NCCO)NC1(c2ccccc2)CCC1. The van der Waals surface area contributed by atoms with Crippen LogP contribution in [0.25, 0.3) is 0 Å². The molecule has 0 heterocycles. The quantitative estimate of drug-likeness (QED) is 0.736. The van der Waals surface area contributed by atoms with Crippen molar-refractivity contribution in [3.05, 3.63) is 35.9 Å². The molecule has 1 aliphatic carbocycles. The number of urea groups is 1. The van der Waals surface area contributed by atoms with Gasteiger partial charge in [0, 0.05) is 6.54 Å². The predicted octanol–water partition coefficient (Wildman–Crippen LogP) is 1.36. The van der Waals surface area contributed by atoms with Crippen LogP contribution < -0.4 is 10.6 Å². The number of hydrogen-bond donors (Lipinski definition) is 3. The van der Waals surface area contributed by atoms with E-state index in [0.717, 1.165) is 24.8 Å². The van der Waals surface area contributed by atoms with E-state index < -0.39 is 0 Å². The zero-order chi connectivity index (χ0) is 12.1. The monoisotopic (exact) mass is 234 g/mol. The first kappa shape index (κ1) is 11.9. The van der Waals surface area contributed by atoms with E-state index >= 15 is 0 Å². The fourth-order valence-electron chi connectivity index (χ4n) is 2.20. The molecule has 0 saturated heterocycles. The van der Waals surface area contributed by atoms with Crippen molar-refractivity contribution in [1.82, 2.24) is 10.6 Å². The minimum atomic E-state index is -0.208. The summed E-state index contributed by atoms with van der Waals surface area (Å²) in [6, 6.07) is 9.84. The second kappa shape index (κ2) is 5.19. The molecule has 4 heteroatoms. The number of amides is 2. The van der Waals surface area contributed by atoms with Gasteiger partial charge in [0.25, 0.3) is 0 Å². The van der Waals surface area contributed by atoms with E-state index in [9.17, 15) is 4.79 Å². The molecule has 1 saturated carbocycles. The smallest absolute Gasteiger partial charge is 0.315 e. The number of nitrogens with one attached hydrogen (secondary N) is 2. The molecule has 92 valence electrons. The second-order valence-electron chi connectivity index (χ2n) is 4.41. The average Bonchev–Trinajstić information content (AvgIpc) is 2.32. The molecule has 0 radical (unpaired) electrons. The molecule has 1 aromatic carbocycles. The van der Waals surface area contributed by atoms with Gasteiger partial charge in [-0.2, -0.15) is 0 Å². The largest absolute Gasteiger partial charge is 0.395 e. The molecule has 0 unspecified atom stereocenters. The maximum atomic E-state index is 11.7. The van der Waals surface area contributed by atoms with Crippen molar-refractivity contribution >= 4 is 6.03 Å². The Kier molecular flexibility index (Phi) is 3.64. The van der Waals surface area contributed by atoms with Crippen molar-refractivity contribution in [2.75, 3.05) is 13.2 Å². The molecule has 3 N–H and O–H groups in total. The van der Waals surface area contributed by atoms with Gasteiger partial charge in [0.05, 0.1) is 12.1 Å². The summed E-state index contributed by atoms with van der Waals surface area (Å²) < 4.78 is 0. The minimum Gasteiger partial charge on any atom is -0.395 e. The topological polar surface area (TPSA) is 61.4 Å². The van der Waals surface area contributed by atoms with Gasteiger partial charge in [0.1, 0.15) is 0 Å². The van der Waals surface area contributed by atoms with E-state index in [2.05, 4.69) is 10.6 Å². The summed E-state index contributed by atoms with van der Waals surface area (Å²) >= 11 is 0. The summed E-state index contributed by atoms with van der Waals surface area (Å²) in [6.45, 7) is 0.252. The highest BCUT2D eigenvalue weighted by atomic mass is 16.3. The highest BCUT2D eigenvalue weighted by molar-refractivity contribution is 5.75. The molecule has 1 aromatic rings. The lowest BCUT2D eigenvalue weighted by atomic mass is 9.72. The molecule has 0 spiro atoms. The second-order valence-corrected chi connectivity index (χ2v) is 4.41. The Labute approximate surface area is 101 Å². The van der Waals surface area contributed by atoms with Crippen molar-refractivity contribution in [3.8, 4) is 0 Å². The fraction of sp³-hybridized carbons (Fsp3) is 0.462. The number of aliphatic hydroxyl groups is 1. The third-order valence-electron chi connectivity index (χ3n) is 3.28. The van der Waals surface area contributed by atoms with Crippen LogP contribution in [0.4, 0.5) is 4.79 Å². The van der Waals surface area contributed by atoms with E-state index in [0.29, 0.717) is 0 Å². The first-order valence-corrected chi connectivity index (χ1v) is 5.99. The molecule has 0 atom stereocenters. The normalized spacial score (nSPS) is 17.0. The fourth-order valence-corrected chi connectivity index (χ4v) is 2.20. The van der Waals surface area contributed by atoms with Crippen LogP contribution in [-0.2, 0) is 5.54 Å². The van der Waals surface area contributed by atoms with Gasteiger partial charge in [-0.1, -0.05) is 30.3 Å². The van der Waals surface area contributed by atoms with Crippen LogP contribution >= 0.6 is 0 Å². The molecule has 17 heavy (non-hydrogen) atoms. The first-order valence-electron chi connectivity index (χ1n) is 5.99. The maximum absolute atomic E-state index is 11.7. The summed E-state index contributed by atoms with van der Waals surface area (Å²) in [5, 5.41) is 14.3.